The lowest BCUT2D eigenvalue weighted by Gasteiger charge is -2.33. The molecule has 2 aliphatic heterocycles. The Morgan fingerprint density at radius 3 is 1.25 bits per heavy atom. The van der Waals surface area contributed by atoms with Crippen LogP contribution in [0.2, 0.25) is 0 Å². The molecule has 0 bridgehead atoms. The molecule has 538 valence electrons. The number of hydrogen-bond acceptors (Lipinski definition) is 17. The molecule has 0 radical (unpaired) electrons. The minimum atomic E-state index is -5.08. The third-order valence-corrected chi connectivity index (χ3v) is 17.9. The molecule has 102 heavy (non-hydrogen) atoms. The highest BCUT2D eigenvalue weighted by Gasteiger charge is 2.53. The molecule has 2 aliphatic rings. The van der Waals surface area contributed by atoms with Crippen molar-refractivity contribution in [2.45, 2.75) is 86.5 Å². The number of anilines is 2. The van der Waals surface area contributed by atoms with Gasteiger partial charge >= 0.3 is 36.8 Å². The van der Waals surface area contributed by atoms with E-state index in [1.807, 2.05) is 124 Å². The lowest BCUT2D eigenvalue weighted by atomic mass is 10.1. The molecule has 2 atom stereocenters. The molecular formula is C72H78BrF7N12O8S2+4. The number of aliphatic carboxylic acids is 1. The van der Waals surface area contributed by atoms with Crippen LogP contribution in [0, 0.1) is 73.6 Å². The number of thiazole rings is 2. The number of aliphatic hydroxyl groups excluding tert-OH is 2. The summed E-state index contributed by atoms with van der Waals surface area (Å²) in [7, 11) is 0. The quantitative estimate of drug-likeness (QED) is 0.00846. The lowest BCUT2D eigenvalue weighted by Crippen LogP contribution is -2.59. The highest BCUT2D eigenvalue weighted by atomic mass is 79.9. The first-order valence-electron chi connectivity index (χ1n) is 32.2. The number of nitriles is 2. The van der Waals surface area contributed by atoms with E-state index in [0.717, 1.165) is 56.6 Å². The van der Waals surface area contributed by atoms with E-state index in [1.165, 1.54) is 46.9 Å². The van der Waals surface area contributed by atoms with Crippen LogP contribution in [-0.2, 0) is 27.5 Å². The van der Waals surface area contributed by atoms with Gasteiger partial charge in [0, 0.05) is 83.3 Å². The maximum absolute atomic E-state index is 15.7. The number of rotatable bonds is 26. The van der Waals surface area contributed by atoms with Crippen LogP contribution in [0.5, 0.6) is 11.5 Å². The fourth-order valence-electron chi connectivity index (χ4n) is 11.7. The van der Waals surface area contributed by atoms with Crippen molar-refractivity contribution in [2.24, 2.45) is 0 Å². The smallest absolute Gasteiger partial charge is 0.475 e. The van der Waals surface area contributed by atoms with Crippen LogP contribution in [0.4, 0.5) is 52.4 Å². The van der Waals surface area contributed by atoms with Crippen LogP contribution >= 0.6 is 39.7 Å². The average molecular weight is 1520 g/mol. The van der Waals surface area contributed by atoms with Crippen molar-refractivity contribution in [2.75, 3.05) is 75.8 Å². The van der Waals surface area contributed by atoms with E-state index in [2.05, 4.69) is 31.9 Å². The molecule has 0 fully saturated rings. The largest absolute Gasteiger partial charge is 0.490 e. The van der Waals surface area contributed by atoms with E-state index in [-0.39, 0.29) is 75.8 Å². The predicted molar refractivity (Wildman–Crippen MR) is 382 cm³/mol. The van der Waals surface area contributed by atoms with E-state index in [4.69, 9.17) is 29.3 Å². The number of nitrogens with one attached hydrogen (secondary N) is 2. The van der Waals surface area contributed by atoms with Crippen molar-refractivity contribution in [3.8, 4) is 46.2 Å². The Kier molecular flexibility index (Phi) is 28.6. The fourth-order valence-corrected chi connectivity index (χ4v) is 13.5. The van der Waals surface area contributed by atoms with Crippen molar-refractivity contribution in [1.29, 1.82) is 10.5 Å². The Morgan fingerprint density at radius 1 is 0.588 bits per heavy atom. The molecule has 5 N–H and O–H groups in total. The van der Waals surface area contributed by atoms with Crippen LogP contribution < -0.4 is 39.3 Å². The number of carboxylic acid groups (broad SMARTS) is 1. The van der Waals surface area contributed by atoms with Gasteiger partial charge < -0.3 is 35.4 Å². The molecule has 0 spiro atoms. The summed E-state index contributed by atoms with van der Waals surface area (Å²) >= 11 is 2.82. The number of nitrogens with zero attached hydrogens (tertiary/aromatic N) is 10. The molecule has 4 heterocycles. The van der Waals surface area contributed by atoms with E-state index in [9.17, 15) is 52.3 Å². The Morgan fingerprint density at radius 2 is 0.941 bits per heavy atom. The molecule has 6 aromatic carbocycles. The minimum Gasteiger partial charge on any atom is -0.475 e. The summed E-state index contributed by atoms with van der Waals surface area (Å²) in [6.45, 7) is 15.4. The monoisotopic (exact) mass is 1510 g/mol. The van der Waals surface area contributed by atoms with Gasteiger partial charge in [-0.15, -0.1) is 27.0 Å². The number of carbonyl (C=O) groups is 3. The molecule has 8 aromatic rings. The first kappa shape index (κ1) is 80.0. The standard InChI is InChI=1S/2C35H38F2N6O3S.C2HF3O2.BrH/c2*1-4-39-19-33(45)46-34-24(2)15-27(16-25(34)3)20-41-22-42(35-40-31(21-47-35)28-9-7-26(18-38)8-10-28)43(23-41,13-5-6-14-44)32-12-11-29(36)17-30(32)37;3-2(4,5)1(6)7;/h2*7-12,15-17,21,23,39,44H,4-6,13-14,19-20,22H2,1-3H3;(H,6,7);1H/q2*+2;;. The van der Waals surface area contributed by atoms with Crippen molar-refractivity contribution < 1.29 is 79.1 Å². The Bertz CT molecular complexity index is 4100. The van der Waals surface area contributed by atoms with Crippen molar-refractivity contribution in [1.82, 2.24) is 29.8 Å². The van der Waals surface area contributed by atoms with Gasteiger partial charge in [-0.1, -0.05) is 70.0 Å². The average Bonchev–Trinajstić information content (AvgIpc) is 1.58. The molecule has 0 aliphatic carbocycles. The number of aryl methyl sites for hydroxylation is 4. The van der Waals surface area contributed by atoms with Crippen molar-refractivity contribution >= 4 is 91.9 Å². The summed E-state index contributed by atoms with van der Waals surface area (Å²) in [5, 5.41) is 59.8. The van der Waals surface area contributed by atoms with Gasteiger partial charge in [-0.2, -0.15) is 32.8 Å². The van der Waals surface area contributed by atoms with Crippen LogP contribution in [0.1, 0.15) is 84.0 Å². The molecule has 2 unspecified atom stereocenters. The summed E-state index contributed by atoms with van der Waals surface area (Å²) in [5.74, 6) is -5.11. The Hall–Kier alpha value is -9.34. The second-order valence-corrected chi connectivity index (χ2v) is 25.5. The third kappa shape index (κ3) is 20.0. The van der Waals surface area contributed by atoms with Gasteiger partial charge in [0.1, 0.15) is 36.2 Å². The van der Waals surface area contributed by atoms with Crippen molar-refractivity contribution in [3.63, 3.8) is 0 Å². The number of quaternary nitrogens is 2. The molecule has 0 saturated carbocycles. The van der Waals surface area contributed by atoms with E-state index in [0.29, 0.717) is 123 Å². The van der Waals surface area contributed by atoms with Gasteiger partial charge in [0.25, 0.3) is 13.3 Å². The number of esters is 2. The normalized spacial score (nSPS) is 15.4. The summed E-state index contributed by atoms with van der Waals surface area (Å²) in [6, 6.07) is 33.7. The molecular weight excluding hydrogens is 1440 g/mol. The number of hydrogen-bond donors (Lipinski definition) is 5. The SMILES string of the molecule is Br.CCNCC(=O)Oc1c(C)cc(C[N+]2=C[N+](CCCCO)(c3ccc(F)cc3F)N(c3nc(-c4ccc(C#N)cc4)cs3)C2)cc1C.CCNCC(=O)Oc1c(C)cc(C[N+]2=C[N+](CCCCO)(c3ccc(F)cc3F)N(c3nc(-c4ccc(C#N)cc4)cs3)C2)cc1C.O=C(O)C(F)(F)F. The van der Waals surface area contributed by atoms with E-state index in [1.54, 1.807) is 24.3 Å². The first-order chi connectivity index (χ1) is 48.3. The molecule has 2 aromatic heterocycles. The van der Waals surface area contributed by atoms with Gasteiger partial charge in [-0.3, -0.25) is 9.59 Å². The summed E-state index contributed by atoms with van der Waals surface area (Å²) in [4.78, 5) is 43.4. The van der Waals surface area contributed by atoms with Gasteiger partial charge in [0.15, 0.2) is 24.7 Å². The lowest BCUT2D eigenvalue weighted by molar-refractivity contribution is -0.531. The Labute approximate surface area is 604 Å². The number of benzene rings is 6. The number of aromatic nitrogens is 2. The number of alkyl halides is 3. The number of likely N-dealkylation sites (N-methyl/N-ethyl adjacent to an activating group) is 2. The van der Waals surface area contributed by atoms with Crippen LogP contribution in [0.3, 0.4) is 0 Å². The van der Waals surface area contributed by atoms with Crippen LogP contribution in [0.15, 0.2) is 120 Å². The van der Waals surface area contributed by atoms with Gasteiger partial charge in [-0.05, 0) is 137 Å². The number of ether oxygens (including phenoxy) is 2. The number of aliphatic hydroxyl groups is 2. The molecule has 0 saturated heterocycles. The number of unbranched alkanes of at least 4 members (excludes halogenated alkanes) is 2. The second-order valence-electron chi connectivity index (χ2n) is 23.8. The highest BCUT2D eigenvalue weighted by Crippen LogP contribution is 2.41. The third-order valence-electron chi connectivity index (χ3n) is 16.2. The highest BCUT2D eigenvalue weighted by molar-refractivity contribution is 8.93. The summed E-state index contributed by atoms with van der Waals surface area (Å²) in [6.07, 6.45) is 0.924. The maximum atomic E-state index is 15.7. The zero-order valence-corrected chi connectivity index (χ0v) is 60.1. The topological polar surface area (TPSA) is 240 Å². The summed E-state index contributed by atoms with van der Waals surface area (Å²) in [5.41, 5.74) is 9.95. The number of carboxylic acids is 1. The Balaban J connectivity index is 0.000000259. The van der Waals surface area contributed by atoms with Gasteiger partial charge in [0.05, 0.1) is 47.7 Å². The van der Waals surface area contributed by atoms with Crippen molar-refractivity contribution in [3.05, 3.63) is 188 Å². The molecule has 0 amide bonds. The zero-order valence-electron chi connectivity index (χ0n) is 56.7. The van der Waals surface area contributed by atoms with Crippen LogP contribution in [0.25, 0.3) is 22.5 Å². The van der Waals surface area contributed by atoms with E-state index >= 15 is 8.78 Å². The molecule has 30 heteroatoms. The summed E-state index contributed by atoms with van der Waals surface area (Å²) < 4.78 is 107. The molecule has 10 rings (SSSR count). The predicted octanol–water partition coefficient (Wildman–Crippen LogP) is 12.8. The van der Waals surface area contributed by atoms with Crippen LogP contribution in [-0.4, -0.2) is 137 Å². The number of carbonyl (C=O) groups excluding carboxylic acids is 2. The maximum Gasteiger partial charge on any atom is 0.490 e. The fraction of sp³-hybridized carbons (Fsp3) is 0.319. The number of halogens is 8. The van der Waals surface area contributed by atoms with Gasteiger partial charge in [-0.25, -0.2) is 32.3 Å². The zero-order chi connectivity index (χ0) is 73.2. The molecule has 20 nitrogen and oxygen atoms in total. The van der Waals surface area contributed by atoms with Gasteiger partial charge in [0.2, 0.25) is 21.6 Å². The second kappa shape index (κ2) is 36.5. The first-order valence-corrected chi connectivity index (χ1v) is 33.9. The van der Waals surface area contributed by atoms with E-state index < -0.39 is 35.4 Å². The minimum absolute atomic E-state index is 0.